The van der Waals surface area contributed by atoms with Crippen LogP contribution in [-0.2, 0) is 25.1 Å². The molecule has 0 fully saturated rings. The van der Waals surface area contributed by atoms with Gasteiger partial charge in [-0.15, -0.1) is 0 Å². The normalized spacial score (nSPS) is 12.9. The molecule has 234 valence electrons. The summed E-state index contributed by atoms with van der Waals surface area (Å²) in [5.41, 5.74) is 4.24. The number of ether oxygens (including phenoxy) is 4. The Kier molecular flexibility index (Phi) is 13.5. The van der Waals surface area contributed by atoms with Crippen molar-refractivity contribution in [3.05, 3.63) is 59.5 Å². The van der Waals surface area contributed by atoms with Gasteiger partial charge in [0.25, 0.3) is 0 Å². The molecule has 0 spiro atoms. The minimum atomic E-state index is -0.458. The van der Waals surface area contributed by atoms with Crippen LogP contribution in [0.1, 0.15) is 98.6 Å². The van der Waals surface area contributed by atoms with E-state index < -0.39 is 5.97 Å². The van der Waals surface area contributed by atoms with Crippen molar-refractivity contribution in [3.8, 4) is 11.5 Å². The lowest BCUT2D eigenvalue weighted by molar-refractivity contribution is -0.138. The van der Waals surface area contributed by atoms with Gasteiger partial charge < -0.3 is 29.6 Å². The Labute approximate surface area is 254 Å². The molecule has 0 radical (unpaired) electrons. The molecule has 7 heteroatoms. The average Bonchev–Trinajstić information content (AvgIpc) is 2.98. The number of esters is 1. The van der Waals surface area contributed by atoms with Crippen molar-refractivity contribution >= 4 is 17.3 Å². The van der Waals surface area contributed by atoms with Gasteiger partial charge in [0, 0.05) is 11.3 Å². The molecule has 0 saturated carbocycles. The molecule has 1 atom stereocenters. The van der Waals surface area contributed by atoms with Crippen LogP contribution in [0.15, 0.2) is 48.4 Å². The van der Waals surface area contributed by atoms with Crippen molar-refractivity contribution in [2.45, 2.75) is 104 Å². The molecule has 2 N–H and O–H groups in total. The third-order valence-electron chi connectivity index (χ3n) is 8.21. The molecule has 2 aromatic rings. The van der Waals surface area contributed by atoms with Gasteiger partial charge in [-0.05, 0) is 66.3 Å². The van der Waals surface area contributed by atoms with E-state index in [9.17, 15) is 4.79 Å². The third kappa shape index (κ3) is 9.88. The maximum absolute atomic E-state index is 12.2. The zero-order valence-electron chi connectivity index (χ0n) is 27.6. The van der Waals surface area contributed by atoms with E-state index in [2.05, 4.69) is 77.3 Å². The molecule has 0 aliphatic carbocycles. The second kappa shape index (κ2) is 16.3. The van der Waals surface area contributed by atoms with Crippen LogP contribution in [0.3, 0.4) is 0 Å². The second-order valence-corrected chi connectivity index (χ2v) is 12.0. The smallest absolute Gasteiger partial charge is 0.336 e. The first-order valence-corrected chi connectivity index (χ1v) is 15.4. The number of rotatable bonds is 18. The Morgan fingerprint density at radius 3 is 2.21 bits per heavy atom. The highest BCUT2D eigenvalue weighted by Gasteiger charge is 2.27. The fourth-order valence-electron chi connectivity index (χ4n) is 4.32. The maximum atomic E-state index is 12.2. The number of nitrogens with one attached hydrogen (secondary N) is 2. The third-order valence-corrected chi connectivity index (χ3v) is 8.21. The zero-order valence-corrected chi connectivity index (χ0v) is 27.6. The van der Waals surface area contributed by atoms with Crippen LogP contribution in [-0.4, -0.2) is 39.4 Å². The highest BCUT2D eigenvalue weighted by molar-refractivity contribution is 5.83. The Morgan fingerprint density at radius 2 is 1.62 bits per heavy atom. The predicted octanol–water partition coefficient (Wildman–Crippen LogP) is 8.58. The van der Waals surface area contributed by atoms with Crippen molar-refractivity contribution in [2.75, 3.05) is 38.0 Å². The van der Waals surface area contributed by atoms with Crippen LogP contribution >= 0.6 is 0 Å². The van der Waals surface area contributed by atoms with Crippen LogP contribution < -0.4 is 20.1 Å². The molecule has 2 rings (SSSR count). The van der Waals surface area contributed by atoms with Crippen LogP contribution in [0.5, 0.6) is 11.5 Å². The van der Waals surface area contributed by atoms with Gasteiger partial charge in [0.1, 0.15) is 17.6 Å². The van der Waals surface area contributed by atoms with Gasteiger partial charge in [-0.1, -0.05) is 73.9 Å². The number of carbonyl (C=O) groups excluding carboxylic acids is 1. The highest BCUT2D eigenvalue weighted by atomic mass is 16.5. The van der Waals surface area contributed by atoms with Crippen LogP contribution in [0.2, 0.25) is 0 Å². The summed E-state index contributed by atoms with van der Waals surface area (Å²) in [5, 5.41) is 6.66. The average molecular weight is 583 g/mol. The summed E-state index contributed by atoms with van der Waals surface area (Å²) >= 11 is 0. The van der Waals surface area contributed by atoms with E-state index in [1.807, 2.05) is 25.1 Å². The number of carbonyl (C=O) groups is 1. The monoisotopic (exact) mass is 582 g/mol. The molecular weight excluding hydrogens is 528 g/mol. The fraction of sp³-hybridized carbons (Fsp3) is 0.571. The molecular formula is C35H54N2O5. The minimum absolute atomic E-state index is 0.00750. The predicted molar refractivity (Wildman–Crippen MR) is 174 cm³/mol. The second-order valence-electron chi connectivity index (χ2n) is 12.0. The Bertz CT molecular complexity index is 1170. The van der Waals surface area contributed by atoms with E-state index >= 15 is 0 Å². The first kappa shape index (κ1) is 34.8. The number of anilines is 2. The lowest BCUT2D eigenvalue weighted by Gasteiger charge is -2.31. The lowest BCUT2D eigenvalue weighted by Crippen LogP contribution is -2.28. The van der Waals surface area contributed by atoms with Crippen molar-refractivity contribution in [1.82, 2.24) is 0 Å². The van der Waals surface area contributed by atoms with E-state index in [4.69, 9.17) is 18.9 Å². The van der Waals surface area contributed by atoms with Crippen LogP contribution in [0, 0.1) is 0 Å². The number of methoxy groups -OCH3 is 2. The maximum Gasteiger partial charge on any atom is 0.336 e. The number of hydrogen-bond donors (Lipinski definition) is 2. The van der Waals surface area contributed by atoms with Gasteiger partial charge in [-0.2, -0.15) is 0 Å². The Balaban J connectivity index is 2.22. The quantitative estimate of drug-likeness (QED) is 0.0789. The van der Waals surface area contributed by atoms with Crippen molar-refractivity contribution < 1.29 is 23.7 Å². The first-order chi connectivity index (χ1) is 19.9. The molecule has 0 aliphatic rings. The summed E-state index contributed by atoms with van der Waals surface area (Å²) in [4.78, 5) is 12.2. The van der Waals surface area contributed by atoms with Gasteiger partial charge in [0.2, 0.25) is 0 Å². The summed E-state index contributed by atoms with van der Waals surface area (Å²) in [6, 6.07) is 12.5. The summed E-state index contributed by atoms with van der Waals surface area (Å²) in [7, 11) is 3.10. The van der Waals surface area contributed by atoms with Gasteiger partial charge in [0.05, 0.1) is 39.1 Å². The molecule has 0 bridgehead atoms. The van der Waals surface area contributed by atoms with Crippen molar-refractivity contribution in [3.63, 3.8) is 0 Å². The van der Waals surface area contributed by atoms with Gasteiger partial charge >= 0.3 is 5.97 Å². The summed E-state index contributed by atoms with van der Waals surface area (Å²) in [5.74, 6) is 1.37. The molecule has 2 aromatic carbocycles. The van der Waals surface area contributed by atoms with E-state index in [-0.39, 0.29) is 22.8 Å². The molecule has 7 nitrogen and oxygen atoms in total. The van der Waals surface area contributed by atoms with Gasteiger partial charge in [0.15, 0.2) is 5.88 Å². The zero-order chi connectivity index (χ0) is 31.3. The topological polar surface area (TPSA) is 78.1 Å². The van der Waals surface area contributed by atoms with Crippen molar-refractivity contribution in [1.29, 1.82) is 0 Å². The summed E-state index contributed by atoms with van der Waals surface area (Å²) < 4.78 is 22.8. The number of hydrogen-bond acceptors (Lipinski definition) is 7. The molecule has 0 saturated heterocycles. The largest absolute Gasteiger partial charge is 0.495 e. The van der Waals surface area contributed by atoms with E-state index in [0.717, 1.165) is 43.5 Å². The van der Waals surface area contributed by atoms with Crippen LogP contribution in [0.4, 0.5) is 11.4 Å². The molecule has 42 heavy (non-hydrogen) atoms. The minimum Gasteiger partial charge on any atom is -0.495 e. The van der Waals surface area contributed by atoms with E-state index in [1.165, 1.54) is 24.3 Å². The number of benzene rings is 2. The van der Waals surface area contributed by atoms with Crippen molar-refractivity contribution in [2.24, 2.45) is 0 Å². The number of unbranched alkanes of at least 4 members (excludes halogenated alkanes) is 1. The molecule has 0 heterocycles. The molecule has 0 aliphatic heterocycles. The highest BCUT2D eigenvalue weighted by Crippen LogP contribution is 2.39. The summed E-state index contributed by atoms with van der Waals surface area (Å²) in [6.45, 7) is 18.8. The SMILES string of the molecule is CCCCOC(=O)C=C(Nc1cc(NCC(CC)Oc2ccc(C(C)(C)CC)cc2C(C)(C)CC)ccc1OC)OC. The van der Waals surface area contributed by atoms with E-state index in [1.54, 1.807) is 7.11 Å². The van der Waals surface area contributed by atoms with Crippen LogP contribution in [0.25, 0.3) is 0 Å². The molecule has 1 unspecified atom stereocenters. The molecule has 0 amide bonds. The molecule has 0 aromatic heterocycles. The first-order valence-electron chi connectivity index (χ1n) is 15.4. The van der Waals surface area contributed by atoms with Gasteiger partial charge in [-0.25, -0.2) is 4.79 Å². The Morgan fingerprint density at radius 1 is 0.929 bits per heavy atom. The standard InChI is InChI=1S/C35H54N2O5/c1-11-15-20-41-33(38)23-32(40-10)37-29-22-26(17-19-31(29)39-9)36-24-27(12-2)42-30-18-16-25(34(5,6)13-3)21-28(30)35(7,8)14-4/h16-19,21-23,27,36-37H,11-15,20,24H2,1-10H3. The summed E-state index contributed by atoms with van der Waals surface area (Å²) in [6.07, 6.45) is 5.98. The fourth-order valence-corrected chi connectivity index (χ4v) is 4.32. The lowest BCUT2D eigenvalue weighted by atomic mass is 9.76. The van der Waals surface area contributed by atoms with E-state index in [0.29, 0.717) is 24.6 Å². The Hall–Kier alpha value is -3.35. The van der Waals surface area contributed by atoms with Gasteiger partial charge in [-0.3, -0.25) is 0 Å².